The van der Waals surface area contributed by atoms with Gasteiger partial charge >= 0.3 is 0 Å². The van der Waals surface area contributed by atoms with Crippen LogP contribution in [0.4, 0.5) is 0 Å². The molecule has 0 heterocycles. The van der Waals surface area contributed by atoms with Crippen molar-refractivity contribution >= 4 is 5.78 Å². The van der Waals surface area contributed by atoms with Crippen LogP contribution in [0.2, 0.25) is 0 Å². The van der Waals surface area contributed by atoms with Crippen molar-refractivity contribution in [2.75, 3.05) is 0 Å². The fourth-order valence-electron chi connectivity index (χ4n) is 6.96. The molecular formula is C29H34O3. The highest BCUT2D eigenvalue weighted by Crippen LogP contribution is 2.63. The largest absolute Gasteiger partial charge is 0.393 e. The van der Waals surface area contributed by atoms with E-state index in [1.54, 1.807) is 19.4 Å². The minimum Gasteiger partial charge on any atom is -0.393 e. The maximum atomic E-state index is 12.1. The second kappa shape index (κ2) is 7.72. The number of carbonyl (C=O) groups is 1. The van der Waals surface area contributed by atoms with E-state index in [0.717, 1.165) is 44.1 Å². The minimum atomic E-state index is -1.01. The number of benzene rings is 1. The van der Waals surface area contributed by atoms with E-state index in [0.29, 0.717) is 18.3 Å². The van der Waals surface area contributed by atoms with Gasteiger partial charge in [-0.1, -0.05) is 36.5 Å². The highest BCUT2D eigenvalue weighted by Gasteiger charge is 2.56. The number of ketones is 1. The molecule has 5 atom stereocenters. The van der Waals surface area contributed by atoms with E-state index in [2.05, 4.69) is 43.0 Å². The molecule has 0 amide bonds. The van der Waals surface area contributed by atoms with Gasteiger partial charge in [0.25, 0.3) is 0 Å². The van der Waals surface area contributed by atoms with Crippen molar-refractivity contribution in [3.05, 3.63) is 58.2 Å². The van der Waals surface area contributed by atoms with E-state index < -0.39 is 5.60 Å². The zero-order valence-electron chi connectivity index (χ0n) is 19.4. The van der Waals surface area contributed by atoms with Crippen LogP contribution in [0.25, 0.3) is 0 Å². The SMILES string of the molecule is CC(C)(O)C#Cc1ccc([C@H]2CC3(C)C(O)CCC3C3CCC4=CC(=O)CCC4=C32)cc1. The Labute approximate surface area is 191 Å². The maximum absolute atomic E-state index is 12.1. The van der Waals surface area contributed by atoms with Crippen molar-refractivity contribution in [1.82, 2.24) is 0 Å². The summed E-state index contributed by atoms with van der Waals surface area (Å²) < 4.78 is 0. The molecule has 3 heteroatoms. The zero-order chi connectivity index (χ0) is 22.7. The standard InChI is InChI=1S/C29H34O3/c1-28(2,32)15-14-18-4-6-19(7-5-18)24-17-29(3)25(12-13-26(29)31)23-10-8-20-16-21(30)9-11-22(20)27(23)24/h4-7,16,23-26,31-32H,8-13,17H2,1-3H3/t23?,24-,25?,26?,29?/m1/s1. The molecule has 5 rings (SSSR count). The van der Waals surface area contributed by atoms with Crippen LogP contribution in [0.3, 0.4) is 0 Å². The van der Waals surface area contributed by atoms with Gasteiger partial charge in [0.1, 0.15) is 5.60 Å². The Morgan fingerprint density at radius 3 is 2.53 bits per heavy atom. The van der Waals surface area contributed by atoms with E-state index >= 15 is 0 Å². The first kappa shape index (κ1) is 21.7. The van der Waals surface area contributed by atoms with E-state index in [1.807, 2.05) is 6.08 Å². The molecule has 4 aliphatic carbocycles. The van der Waals surface area contributed by atoms with Gasteiger partial charge in [-0.25, -0.2) is 0 Å². The van der Waals surface area contributed by atoms with Crippen molar-refractivity contribution < 1.29 is 15.0 Å². The summed E-state index contributed by atoms with van der Waals surface area (Å²) >= 11 is 0. The molecule has 2 fully saturated rings. The smallest absolute Gasteiger partial charge is 0.156 e. The molecule has 1 aromatic rings. The van der Waals surface area contributed by atoms with Gasteiger partial charge in [0.05, 0.1) is 6.10 Å². The molecule has 0 aromatic heterocycles. The number of allylic oxidation sites excluding steroid dienone is 4. The van der Waals surface area contributed by atoms with Gasteiger partial charge in [0, 0.05) is 17.9 Å². The third kappa shape index (κ3) is 3.68. The van der Waals surface area contributed by atoms with Crippen LogP contribution < -0.4 is 0 Å². The van der Waals surface area contributed by atoms with Gasteiger partial charge in [-0.15, -0.1) is 0 Å². The Hall–Kier alpha value is -2.15. The van der Waals surface area contributed by atoms with Gasteiger partial charge in [0.2, 0.25) is 0 Å². The normalized spacial score (nSPS) is 34.2. The predicted molar refractivity (Wildman–Crippen MR) is 126 cm³/mol. The fourth-order valence-corrected chi connectivity index (χ4v) is 6.96. The molecule has 2 N–H and O–H groups in total. The third-order valence-corrected chi connectivity index (χ3v) is 8.51. The maximum Gasteiger partial charge on any atom is 0.156 e. The summed E-state index contributed by atoms with van der Waals surface area (Å²) in [7, 11) is 0. The summed E-state index contributed by atoms with van der Waals surface area (Å²) in [4.78, 5) is 12.1. The molecule has 4 unspecified atom stereocenters. The quantitative estimate of drug-likeness (QED) is 0.612. The van der Waals surface area contributed by atoms with E-state index in [1.165, 1.54) is 16.7 Å². The molecule has 3 nitrogen and oxygen atoms in total. The van der Waals surface area contributed by atoms with Crippen molar-refractivity contribution in [3.63, 3.8) is 0 Å². The average molecular weight is 431 g/mol. The topological polar surface area (TPSA) is 57.5 Å². The molecular weight excluding hydrogens is 396 g/mol. The lowest BCUT2D eigenvalue weighted by molar-refractivity contribution is -0.114. The zero-order valence-corrected chi connectivity index (χ0v) is 19.4. The molecule has 0 saturated heterocycles. The van der Waals surface area contributed by atoms with Gasteiger partial charge in [0.15, 0.2) is 5.78 Å². The minimum absolute atomic E-state index is 0.0511. The van der Waals surface area contributed by atoms with Crippen LogP contribution in [0, 0.1) is 29.1 Å². The molecule has 168 valence electrons. The van der Waals surface area contributed by atoms with E-state index in [4.69, 9.17) is 0 Å². The van der Waals surface area contributed by atoms with Crippen LogP contribution in [-0.2, 0) is 4.79 Å². The Bertz CT molecular complexity index is 1060. The lowest BCUT2D eigenvalue weighted by atomic mass is 9.53. The van der Waals surface area contributed by atoms with Crippen LogP contribution in [0.15, 0.2) is 47.1 Å². The predicted octanol–water partition coefficient (Wildman–Crippen LogP) is 5.07. The Morgan fingerprint density at radius 1 is 1.06 bits per heavy atom. The van der Waals surface area contributed by atoms with Gasteiger partial charge < -0.3 is 10.2 Å². The third-order valence-electron chi connectivity index (χ3n) is 8.51. The number of fused-ring (bicyclic) bond motifs is 4. The van der Waals surface area contributed by atoms with Crippen molar-refractivity contribution in [2.24, 2.45) is 17.3 Å². The molecule has 32 heavy (non-hydrogen) atoms. The van der Waals surface area contributed by atoms with Gasteiger partial charge in [-0.05, 0) is 105 Å². The molecule has 0 bridgehead atoms. The summed E-state index contributed by atoms with van der Waals surface area (Å²) in [5.74, 6) is 7.55. The van der Waals surface area contributed by atoms with Crippen LogP contribution >= 0.6 is 0 Å². The number of rotatable bonds is 1. The number of aliphatic hydroxyl groups is 2. The average Bonchev–Trinajstić information content (AvgIpc) is 3.05. The van der Waals surface area contributed by atoms with Crippen molar-refractivity contribution in [2.45, 2.75) is 83.3 Å². The van der Waals surface area contributed by atoms with Crippen LogP contribution in [-0.4, -0.2) is 27.7 Å². The second-order valence-electron chi connectivity index (χ2n) is 11.1. The molecule has 0 radical (unpaired) electrons. The number of hydrogen-bond donors (Lipinski definition) is 2. The molecule has 0 spiro atoms. The second-order valence-corrected chi connectivity index (χ2v) is 11.1. The molecule has 2 saturated carbocycles. The highest BCUT2D eigenvalue weighted by molar-refractivity contribution is 5.93. The molecule has 4 aliphatic rings. The summed E-state index contributed by atoms with van der Waals surface area (Å²) in [5, 5.41) is 20.9. The summed E-state index contributed by atoms with van der Waals surface area (Å²) in [5.41, 5.74) is 5.40. The summed E-state index contributed by atoms with van der Waals surface area (Å²) in [6.07, 6.45) is 8.23. The lowest BCUT2D eigenvalue weighted by Crippen LogP contribution is -2.45. The van der Waals surface area contributed by atoms with Crippen LogP contribution in [0.5, 0.6) is 0 Å². The van der Waals surface area contributed by atoms with Gasteiger partial charge in [-0.2, -0.15) is 0 Å². The van der Waals surface area contributed by atoms with E-state index in [9.17, 15) is 15.0 Å². The number of hydrogen-bond acceptors (Lipinski definition) is 3. The highest BCUT2D eigenvalue weighted by atomic mass is 16.3. The molecule has 0 aliphatic heterocycles. The molecule has 1 aromatic carbocycles. The van der Waals surface area contributed by atoms with Crippen LogP contribution in [0.1, 0.15) is 82.8 Å². The number of aliphatic hydroxyl groups excluding tert-OH is 1. The van der Waals surface area contributed by atoms with Gasteiger partial charge in [-0.3, -0.25) is 4.79 Å². The summed E-state index contributed by atoms with van der Waals surface area (Å²) in [6.45, 7) is 5.69. The fraction of sp³-hybridized carbons (Fsp3) is 0.552. The Balaban J connectivity index is 1.58. The number of carbonyl (C=O) groups excluding carboxylic acids is 1. The Kier molecular flexibility index (Phi) is 5.23. The van der Waals surface area contributed by atoms with Crippen molar-refractivity contribution in [3.8, 4) is 11.8 Å². The first-order chi connectivity index (χ1) is 15.2. The Morgan fingerprint density at radius 2 is 1.81 bits per heavy atom. The first-order valence-electron chi connectivity index (χ1n) is 12.2. The lowest BCUT2D eigenvalue weighted by Gasteiger charge is -2.52. The van der Waals surface area contributed by atoms with E-state index in [-0.39, 0.29) is 23.2 Å². The summed E-state index contributed by atoms with van der Waals surface area (Å²) in [6, 6.07) is 8.47. The monoisotopic (exact) mass is 430 g/mol. The van der Waals surface area contributed by atoms with Crippen molar-refractivity contribution in [1.29, 1.82) is 0 Å². The first-order valence-corrected chi connectivity index (χ1v) is 12.2.